The summed E-state index contributed by atoms with van der Waals surface area (Å²) in [6, 6.07) is 7.24. The molecule has 1 aromatic carbocycles. The second-order valence-electron chi connectivity index (χ2n) is 4.11. The molecule has 0 fully saturated rings. The maximum Gasteiger partial charge on any atom is 0.185 e. The number of hydrogen-bond acceptors (Lipinski definition) is 4. The summed E-state index contributed by atoms with van der Waals surface area (Å²) in [5.74, 6) is 1.30. The lowest BCUT2D eigenvalue weighted by atomic mass is 10.1. The van der Waals surface area contributed by atoms with Crippen molar-refractivity contribution in [1.82, 2.24) is 0 Å². The highest BCUT2D eigenvalue weighted by atomic mass is 32.1. The van der Waals surface area contributed by atoms with Crippen molar-refractivity contribution >= 4 is 23.2 Å². The maximum atomic E-state index is 12.0. The highest BCUT2D eigenvalue weighted by Crippen LogP contribution is 2.30. The van der Waals surface area contributed by atoms with Crippen molar-refractivity contribution in [1.29, 1.82) is 0 Å². The summed E-state index contributed by atoms with van der Waals surface area (Å²) in [4.78, 5) is 12.0. The minimum Gasteiger partial charge on any atom is -0.486 e. The van der Waals surface area contributed by atoms with Gasteiger partial charge in [-0.2, -0.15) is 11.3 Å². The fourth-order valence-electron chi connectivity index (χ4n) is 1.83. The molecule has 0 unspecified atom stereocenters. The van der Waals surface area contributed by atoms with Crippen LogP contribution < -0.4 is 9.47 Å². The van der Waals surface area contributed by atoms with E-state index in [9.17, 15) is 4.79 Å². The Morgan fingerprint density at radius 3 is 2.79 bits per heavy atom. The van der Waals surface area contributed by atoms with E-state index in [-0.39, 0.29) is 5.78 Å². The Balaban J connectivity index is 1.80. The molecule has 0 spiro atoms. The van der Waals surface area contributed by atoms with Crippen LogP contribution in [0.1, 0.15) is 15.9 Å². The lowest BCUT2D eigenvalue weighted by molar-refractivity contribution is 0.104. The molecule has 0 bridgehead atoms. The topological polar surface area (TPSA) is 35.5 Å². The number of ketones is 1. The molecule has 0 N–H and O–H groups in total. The van der Waals surface area contributed by atoms with Gasteiger partial charge in [0.15, 0.2) is 17.3 Å². The van der Waals surface area contributed by atoms with Gasteiger partial charge in [-0.3, -0.25) is 4.79 Å². The van der Waals surface area contributed by atoms with Crippen LogP contribution in [0.3, 0.4) is 0 Å². The molecule has 0 aliphatic carbocycles. The Kier molecular flexibility index (Phi) is 3.33. The summed E-state index contributed by atoms with van der Waals surface area (Å²) in [6.07, 6.45) is 3.39. The zero-order valence-corrected chi connectivity index (χ0v) is 11.0. The van der Waals surface area contributed by atoms with E-state index < -0.39 is 0 Å². The number of thiophene rings is 1. The Morgan fingerprint density at radius 1 is 1.16 bits per heavy atom. The van der Waals surface area contributed by atoms with Crippen LogP contribution in [0.5, 0.6) is 11.5 Å². The summed E-state index contributed by atoms with van der Waals surface area (Å²) in [5, 5.41) is 3.97. The molecule has 0 atom stereocenters. The molecule has 1 aromatic heterocycles. The number of ether oxygens (including phenoxy) is 2. The molecule has 0 saturated carbocycles. The summed E-state index contributed by atoms with van der Waals surface area (Å²) >= 11 is 1.61. The molecule has 1 aliphatic rings. The van der Waals surface area contributed by atoms with E-state index in [4.69, 9.17) is 9.47 Å². The summed E-state index contributed by atoms with van der Waals surface area (Å²) < 4.78 is 10.9. The first-order chi connectivity index (χ1) is 9.33. The van der Waals surface area contributed by atoms with Gasteiger partial charge < -0.3 is 9.47 Å². The van der Waals surface area contributed by atoms with Crippen LogP contribution in [0.2, 0.25) is 0 Å². The predicted octanol–water partition coefficient (Wildman–Crippen LogP) is 3.42. The van der Waals surface area contributed by atoms with Gasteiger partial charge in [0.25, 0.3) is 0 Å². The van der Waals surface area contributed by atoms with E-state index in [1.54, 1.807) is 35.6 Å². The first-order valence-electron chi connectivity index (χ1n) is 5.97. The van der Waals surface area contributed by atoms with Crippen molar-refractivity contribution in [3.8, 4) is 11.5 Å². The Morgan fingerprint density at radius 2 is 2.00 bits per heavy atom. The first-order valence-corrected chi connectivity index (χ1v) is 6.91. The summed E-state index contributed by atoms with van der Waals surface area (Å²) in [5.41, 5.74) is 1.65. The third kappa shape index (κ3) is 2.69. The van der Waals surface area contributed by atoms with Crippen LogP contribution in [0.25, 0.3) is 6.08 Å². The van der Waals surface area contributed by atoms with Crippen LogP contribution in [0.4, 0.5) is 0 Å². The quantitative estimate of drug-likeness (QED) is 0.634. The number of allylic oxidation sites excluding steroid dienone is 1. The fourth-order valence-corrected chi connectivity index (χ4v) is 2.46. The molecule has 3 nitrogen and oxygen atoms in total. The minimum atomic E-state index is -0.0387. The van der Waals surface area contributed by atoms with Crippen molar-refractivity contribution in [2.75, 3.05) is 13.2 Å². The zero-order valence-electron chi connectivity index (χ0n) is 10.2. The van der Waals surface area contributed by atoms with Gasteiger partial charge in [0, 0.05) is 5.56 Å². The van der Waals surface area contributed by atoms with Gasteiger partial charge in [-0.15, -0.1) is 0 Å². The average Bonchev–Trinajstić information content (AvgIpc) is 2.97. The third-order valence-electron chi connectivity index (χ3n) is 2.80. The van der Waals surface area contributed by atoms with Crippen LogP contribution in [0, 0.1) is 0 Å². The van der Waals surface area contributed by atoms with Gasteiger partial charge in [-0.05, 0) is 46.7 Å². The lowest BCUT2D eigenvalue weighted by Gasteiger charge is -2.18. The standard InChI is InChI=1S/C15H12O3S/c16-13(3-1-11-5-8-19-10-11)12-2-4-14-15(9-12)18-7-6-17-14/h1-5,8-10H,6-7H2. The minimum absolute atomic E-state index is 0.0387. The summed E-state index contributed by atoms with van der Waals surface area (Å²) in [6.45, 7) is 1.08. The van der Waals surface area contributed by atoms with E-state index in [1.807, 2.05) is 22.9 Å². The van der Waals surface area contributed by atoms with E-state index in [0.29, 0.717) is 30.3 Å². The first kappa shape index (κ1) is 12.0. The van der Waals surface area contributed by atoms with Crippen LogP contribution in [0.15, 0.2) is 41.1 Å². The van der Waals surface area contributed by atoms with Crippen LogP contribution in [-0.2, 0) is 0 Å². The molecule has 0 radical (unpaired) electrons. The molecular formula is C15H12O3S. The van der Waals surface area contributed by atoms with Gasteiger partial charge in [0.1, 0.15) is 13.2 Å². The van der Waals surface area contributed by atoms with E-state index in [2.05, 4.69) is 0 Å². The van der Waals surface area contributed by atoms with E-state index in [0.717, 1.165) is 5.56 Å². The number of fused-ring (bicyclic) bond motifs is 1. The van der Waals surface area contributed by atoms with Crippen molar-refractivity contribution in [2.45, 2.75) is 0 Å². The largest absolute Gasteiger partial charge is 0.486 e. The zero-order chi connectivity index (χ0) is 13.1. The fraction of sp³-hybridized carbons (Fsp3) is 0.133. The van der Waals surface area contributed by atoms with E-state index >= 15 is 0 Å². The number of rotatable bonds is 3. The van der Waals surface area contributed by atoms with Gasteiger partial charge in [-0.25, -0.2) is 0 Å². The van der Waals surface area contributed by atoms with Gasteiger partial charge in [0.05, 0.1) is 0 Å². The highest BCUT2D eigenvalue weighted by molar-refractivity contribution is 7.08. The van der Waals surface area contributed by atoms with Gasteiger partial charge in [-0.1, -0.05) is 6.08 Å². The van der Waals surface area contributed by atoms with Crippen molar-refractivity contribution in [3.63, 3.8) is 0 Å². The van der Waals surface area contributed by atoms with E-state index in [1.165, 1.54) is 0 Å². The predicted molar refractivity (Wildman–Crippen MR) is 75.1 cm³/mol. The molecule has 2 aromatic rings. The monoisotopic (exact) mass is 272 g/mol. The normalized spacial score (nSPS) is 13.7. The SMILES string of the molecule is O=C(C=Cc1ccsc1)c1ccc2c(c1)OCCO2. The second kappa shape index (κ2) is 5.28. The molecule has 4 heteroatoms. The Labute approximate surface area is 115 Å². The van der Waals surface area contributed by atoms with Crippen molar-refractivity contribution in [3.05, 3.63) is 52.2 Å². The van der Waals surface area contributed by atoms with Crippen molar-refractivity contribution in [2.24, 2.45) is 0 Å². The number of benzene rings is 1. The molecule has 2 heterocycles. The molecule has 1 aliphatic heterocycles. The number of carbonyl (C=O) groups is 1. The summed E-state index contributed by atoms with van der Waals surface area (Å²) in [7, 11) is 0. The molecular weight excluding hydrogens is 260 g/mol. The Bertz CT molecular complexity index is 614. The molecule has 96 valence electrons. The second-order valence-corrected chi connectivity index (χ2v) is 4.89. The number of carbonyl (C=O) groups excluding carboxylic acids is 1. The Hall–Kier alpha value is -2.07. The molecule has 0 saturated heterocycles. The molecule has 19 heavy (non-hydrogen) atoms. The average molecular weight is 272 g/mol. The maximum absolute atomic E-state index is 12.0. The van der Waals surface area contributed by atoms with Crippen LogP contribution >= 0.6 is 11.3 Å². The number of hydrogen-bond donors (Lipinski definition) is 0. The van der Waals surface area contributed by atoms with Gasteiger partial charge >= 0.3 is 0 Å². The third-order valence-corrected chi connectivity index (χ3v) is 3.50. The molecule has 3 rings (SSSR count). The van der Waals surface area contributed by atoms with Gasteiger partial charge in [0.2, 0.25) is 0 Å². The van der Waals surface area contributed by atoms with Crippen molar-refractivity contribution < 1.29 is 14.3 Å². The smallest absolute Gasteiger partial charge is 0.185 e. The molecule has 0 amide bonds. The lowest BCUT2D eigenvalue weighted by Crippen LogP contribution is -2.15. The highest BCUT2D eigenvalue weighted by Gasteiger charge is 2.13. The van der Waals surface area contributed by atoms with Crippen LogP contribution in [-0.4, -0.2) is 19.0 Å².